The third-order valence-corrected chi connectivity index (χ3v) is 3.55. The summed E-state index contributed by atoms with van der Waals surface area (Å²) in [5.41, 5.74) is 0.483. The SMILES string of the molecule is Cn1cc(-c2cc(F)c(Cl)cc2F)c(C(=O)Nc2cccnc2)n1. The summed E-state index contributed by atoms with van der Waals surface area (Å²) in [4.78, 5) is 16.3. The Hall–Kier alpha value is -2.80. The average molecular weight is 349 g/mol. The summed E-state index contributed by atoms with van der Waals surface area (Å²) in [6, 6.07) is 5.11. The second-order valence-corrected chi connectivity index (χ2v) is 5.41. The van der Waals surface area contributed by atoms with Gasteiger partial charge in [0.05, 0.1) is 16.9 Å². The van der Waals surface area contributed by atoms with E-state index in [0.717, 1.165) is 12.1 Å². The van der Waals surface area contributed by atoms with Crippen LogP contribution in [0.4, 0.5) is 14.5 Å². The summed E-state index contributed by atoms with van der Waals surface area (Å²) in [6.45, 7) is 0. The smallest absolute Gasteiger partial charge is 0.276 e. The first-order chi connectivity index (χ1) is 11.5. The number of hydrogen-bond donors (Lipinski definition) is 1. The molecule has 2 aromatic heterocycles. The Balaban J connectivity index is 2.02. The molecule has 0 fully saturated rings. The number of pyridine rings is 1. The van der Waals surface area contributed by atoms with Gasteiger partial charge in [-0.05, 0) is 24.3 Å². The van der Waals surface area contributed by atoms with E-state index in [1.807, 2.05) is 0 Å². The van der Waals surface area contributed by atoms with E-state index in [1.165, 1.54) is 17.1 Å². The molecule has 0 aliphatic heterocycles. The van der Waals surface area contributed by atoms with E-state index < -0.39 is 17.5 Å². The Bertz CT molecular complexity index is 912. The largest absolute Gasteiger partial charge is 0.319 e. The molecule has 0 unspecified atom stereocenters. The quantitative estimate of drug-likeness (QED) is 0.735. The monoisotopic (exact) mass is 348 g/mol. The molecule has 1 amide bonds. The molecule has 1 aromatic carbocycles. The second-order valence-electron chi connectivity index (χ2n) is 5.01. The molecular weight excluding hydrogens is 338 g/mol. The third-order valence-electron chi connectivity index (χ3n) is 3.26. The lowest BCUT2D eigenvalue weighted by Gasteiger charge is -2.06. The number of carbonyl (C=O) groups is 1. The van der Waals surface area contributed by atoms with Gasteiger partial charge >= 0.3 is 0 Å². The average Bonchev–Trinajstić information content (AvgIpc) is 2.93. The van der Waals surface area contributed by atoms with Crippen LogP contribution in [-0.4, -0.2) is 20.7 Å². The summed E-state index contributed by atoms with van der Waals surface area (Å²) in [5, 5.41) is 6.31. The van der Waals surface area contributed by atoms with Crippen LogP contribution < -0.4 is 5.32 Å². The van der Waals surface area contributed by atoms with Gasteiger partial charge in [-0.15, -0.1) is 0 Å². The fourth-order valence-electron chi connectivity index (χ4n) is 2.21. The molecule has 0 saturated heterocycles. The number of rotatable bonds is 3. The van der Waals surface area contributed by atoms with Crippen molar-refractivity contribution in [3.63, 3.8) is 0 Å². The molecular formula is C16H11ClF2N4O. The van der Waals surface area contributed by atoms with Crippen molar-refractivity contribution in [2.45, 2.75) is 0 Å². The Morgan fingerprint density at radius 3 is 2.75 bits per heavy atom. The fraction of sp³-hybridized carbons (Fsp3) is 0.0625. The summed E-state index contributed by atoms with van der Waals surface area (Å²) in [7, 11) is 1.58. The van der Waals surface area contributed by atoms with Crippen molar-refractivity contribution in [1.82, 2.24) is 14.8 Å². The van der Waals surface area contributed by atoms with Gasteiger partial charge < -0.3 is 5.32 Å². The Morgan fingerprint density at radius 2 is 2.04 bits per heavy atom. The molecule has 1 N–H and O–H groups in total. The molecule has 2 heterocycles. The standard InChI is InChI=1S/C16H11ClF2N4O/c1-23-8-11(10-5-14(19)12(17)6-13(10)18)15(22-23)16(24)21-9-3-2-4-20-7-9/h2-8H,1H3,(H,21,24). The minimum atomic E-state index is -0.782. The molecule has 122 valence electrons. The summed E-state index contributed by atoms with van der Waals surface area (Å²) < 4.78 is 29.2. The van der Waals surface area contributed by atoms with Gasteiger partial charge in [-0.1, -0.05) is 11.6 Å². The van der Waals surface area contributed by atoms with Crippen LogP contribution >= 0.6 is 11.6 Å². The van der Waals surface area contributed by atoms with Crippen LogP contribution in [0.25, 0.3) is 11.1 Å². The highest BCUT2D eigenvalue weighted by Crippen LogP contribution is 2.30. The predicted octanol–water partition coefficient (Wildman–Crippen LogP) is 3.67. The maximum absolute atomic E-state index is 14.2. The summed E-state index contributed by atoms with van der Waals surface area (Å²) in [5.74, 6) is -2.09. The molecule has 5 nitrogen and oxygen atoms in total. The van der Waals surface area contributed by atoms with Crippen LogP contribution in [-0.2, 0) is 7.05 Å². The van der Waals surface area contributed by atoms with Crippen molar-refractivity contribution >= 4 is 23.2 Å². The van der Waals surface area contributed by atoms with E-state index in [-0.39, 0.29) is 21.8 Å². The van der Waals surface area contributed by atoms with Gasteiger partial charge in [-0.25, -0.2) is 8.78 Å². The highest BCUT2D eigenvalue weighted by atomic mass is 35.5. The number of halogens is 3. The van der Waals surface area contributed by atoms with Gasteiger partial charge in [0.25, 0.3) is 5.91 Å². The highest BCUT2D eigenvalue weighted by molar-refractivity contribution is 6.30. The molecule has 0 atom stereocenters. The molecule has 0 radical (unpaired) electrons. The Morgan fingerprint density at radius 1 is 1.25 bits per heavy atom. The minimum Gasteiger partial charge on any atom is -0.319 e. The zero-order valence-electron chi connectivity index (χ0n) is 12.4. The predicted molar refractivity (Wildman–Crippen MR) is 85.8 cm³/mol. The number of nitrogens with one attached hydrogen (secondary N) is 1. The van der Waals surface area contributed by atoms with Crippen LogP contribution in [0.3, 0.4) is 0 Å². The molecule has 0 saturated carbocycles. The number of aromatic nitrogens is 3. The van der Waals surface area contributed by atoms with Crippen LogP contribution in [0, 0.1) is 11.6 Å². The van der Waals surface area contributed by atoms with Crippen molar-refractivity contribution in [2.75, 3.05) is 5.32 Å². The van der Waals surface area contributed by atoms with E-state index in [1.54, 1.807) is 25.4 Å². The van der Waals surface area contributed by atoms with Crippen LogP contribution in [0.5, 0.6) is 0 Å². The van der Waals surface area contributed by atoms with Gasteiger partial charge in [0.1, 0.15) is 11.6 Å². The fourth-order valence-corrected chi connectivity index (χ4v) is 2.36. The maximum Gasteiger partial charge on any atom is 0.276 e. The van der Waals surface area contributed by atoms with Crippen molar-refractivity contribution in [2.24, 2.45) is 7.05 Å². The number of amides is 1. The lowest BCUT2D eigenvalue weighted by molar-refractivity contribution is 0.102. The minimum absolute atomic E-state index is 0.0398. The first kappa shape index (κ1) is 16.1. The van der Waals surface area contributed by atoms with Gasteiger partial charge in [-0.2, -0.15) is 5.10 Å². The molecule has 3 rings (SSSR count). The highest BCUT2D eigenvalue weighted by Gasteiger charge is 2.21. The molecule has 0 spiro atoms. The van der Waals surface area contributed by atoms with Crippen LogP contribution in [0.15, 0.2) is 42.9 Å². The number of nitrogens with zero attached hydrogens (tertiary/aromatic N) is 3. The van der Waals surface area contributed by atoms with Crippen LogP contribution in [0.2, 0.25) is 5.02 Å². The Kier molecular flexibility index (Phi) is 4.26. The number of carbonyl (C=O) groups excluding carboxylic acids is 1. The lowest BCUT2D eigenvalue weighted by atomic mass is 10.1. The first-order valence-electron chi connectivity index (χ1n) is 6.85. The Labute approximate surface area is 140 Å². The molecule has 0 bridgehead atoms. The van der Waals surface area contributed by atoms with E-state index in [0.29, 0.717) is 5.69 Å². The molecule has 3 aromatic rings. The van der Waals surface area contributed by atoms with Crippen molar-refractivity contribution in [3.05, 3.63) is 65.2 Å². The number of benzene rings is 1. The molecule has 8 heteroatoms. The van der Waals surface area contributed by atoms with E-state index in [2.05, 4.69) is 15.4 Å². The van der Waals surface area contributed by atoms with Gasteiger partial charge in [0.15, 0.2) is 5.69 Å². The number of hydrogen-bond acceptors (Lipinski definition) is 3. The van der Waals surface area contributed by atoms with Gasteiger partial charge in [0, 0.05) is 30.6 Å². The van der Waals surface area contributed by atoms with Crippen molar-refractivity contribution in [3.8, 4) is 11.1 Å². The number of anilines is 1. The second kappa shape index (κ2) is 6.37. The van der Waals surface area contributed by atoms with Crippen molar-refractivity contribution < 1.29 is 13.6 Å². The van der Waals surface area contributed by atoms with E-state index in [9.17, 15) is 13.6 Å². The van der Waals surface area contributed by atoms with E-state index >= 15 is 0 Å². The molecule has 0 aliphatic rings. The normalized spacial score (nSPS) is 10.7. The zero-order valence-corrected chi connectivity index (χ0v) is 13.2. The maximum atomic E-state index is 14.2. The van der Waals surface area contributed by atoms with Gasteiger partial charge in [0.2, 0.25) is 0 Å². The van der Waals surface area contributed by atoms with Crippen molar-refractivity contribution in [1.29, 1.82) is 0 Å². The number of aryl methyl sites for hydroxylation is 1. The molecule has 0 aliphatic carbocycles. The molecule has 24 heavy (non-hydrogen) atoms. The lowest BCUT2D eigenvalue weighted by Crippen LogP contribution is -2.14. The van der Waals surface area contributed by atoms with E-state index in [4.69, 9.17) is 11.6 Å². The van der Waals surface area contributed by atoms with Gasteiger partial charge in [-0.3, -0.25) is 14.5 Å². The topological polar surface area (TPSA) is 59.8 Å². The zero-order chi connectivity index (χ0) is 17.3. The first-order valence-corrected chi connectivity index (χ1v) is 7.23. The third kappa shape index (κ3) is 3.11. The summed E-state index contributed by atoms with van der Waals surface area (Å²) >= 11 is 5.57. The van der Waals surface area contributed by atoms with Crippen LogP contribution in [0.1, 0.15) is 10.5 Å². The summed E-state index contributed by atoms with van der Waals surface area (Å²) in [6.07, 6.45) is 4.46.